The Labute approximate surface area is 104 Å². The lowest BCUT2D eigenvalue weighted by Gasteiger charge is -2.15. The zero-order chi connectivity index (χ0) is 13.2. The molecular weight excluding hydrogens is 243 g/mol. The normalized spacial score (nSPS) is 20.1. The highest BCUT2D eigenvalue weighted by Crippen LogP contribution is 2.33. The third kappa shape index (κ3) is 2.96. The lowest BCUT2D eigenvalue weighted by molar-refractivity contribution is -0.137. The van der Waals surface area contributed by atoms with E-state index in [2.05, 4.69) is 5.32 Å². The fourth-order valence-electron chi connectivity index (χ4n) is 2.31. The minimum absolute atomic E-state index is 0.391. The van der Waals surface area contributed by atoms with Gasteiger partial charge >= 0.3 is 6.18 Å². The molecule has 1 fully saturated rings. The van der Waals surface area contributed by atoms with Gasteiger partial charge in [0, 0.05) is 0 Å². The first kappa shape index (κ1) is 13.2. The second kappa shape index (κ2) is 5.18. The Bertz CT molecular complexity index is 411. The molecule has 1 saturated heterocycles. The maximum absolute atomic E-state index is 12.7. The number of methoxy groups -OCH3 is 1. The molecule has 1 N–H and O–H groups in total. The summed E-state index contributed by atoms with van der Waals surface area (Å²) in [7, 11) is 1.49. The number of halogens is 3. The Morgan fingerprint density at radius 1 is 1.39 bits per heavy atom. The van der Waals surface area contributed by atoms with Crippen LogP contribution in [0.4, 0.5) is 13.2 Å². The van der Waals surface area contributed by atoms with Crippen LogP contribution in [0.5, 0.6) is 5.75 Å². The summed E-state index contributed by atoms with van der Waals surface area (Å²) in [6.07, 6.45) is -2.67. The van der Waals surface area contributed by atoms with E-state index < -0.39 is 11.7 Å². The lowest BCUT2D eigenvalue weighted by Crippen LogP contribution is -2.12. The molecule has 2 rings (SSSR count). The molecule has 1 aliphatic heterocycles. The maximum Gasteiger partial charge on any atom is 0.416 e. The van der Waals surface area contributed by atoms with E-state index >= 15 is 0 Å². The molecule has 0 bridgehead atoms. The second-order valence-electron chi connectivity index (χ2n) is 4.59. The summed E-state index contributed by atoms with van der Waals surface area (Å²) in [6, 6.07) is 3.67. The van der Waals surface area contributed by atoms with E-state index in [-0.39, 0.29) is 0 Å². The molecular formula is C13H16F3NO. The standard InChI is InChI=1S/C13H16F3NO/c1-18-12-3-2-11(13(14,15)16)7-10(12)6-9-4-5-17-8-9/h2-3,7,9,17H,4-6,8H2,1H3. The molecule has 18 heavy (non-hydrogen) atoms. The number of alkyl halides is 3. The summed E-state index contributed by atoms with van der Waals surface area (Å²) in [5, 5.41) is 3.21. The minimum atomic E-state index is -4.30. The van der Waals surface area contributed by atoms with Gasteiger partial charge in [0.1, 0.15) is 5.75 Å². The van der Waals surface area contributed by atoms with Crippen molar-refractivity contribution >= 4 is 0 Å². The maximum atomic E-state index is 12.7. The van der Waals surface area contributed by atoms with E-state index in [0.29, 0.717) is 23.7 Å². The summed E-state index contributed by atoms with van der Waals surface area (Å²) in [6.45, 7) is 1.80. The third-order valence-electron chi connectivity index (χ3n) is 3.28. The quantitative estimate of drug-likeness (QED) is 0.901. The smallest absolute Gasteiger partial charge is 0.416 e. The number of hydrogen-bond acceptors (Lipinski definition) is 2. The second-order valence-corrected chi connectivity index (χ2v) is 4.59. The van der Waals surface area contributed by atoms with Crippen LogP contribution < -0.4 is 10.1 Å². The fourth-order valence-corrected chi connectivity index (χ4v) is 2.31. The van der Waals surface area contributed by atoms with Crippen LogP contribution >= 0.6 is 0 Å². The highest BCUT2D eigenvalue weighted by Gasteiger charge is 2.31. The Morgan fingerprint density at radius 3 is 2.72 bits per heavy atom. The average molecular weight is 259 g/mol. The first-order chi connectivity index (χ1) is 8.50. The van der Waals surface area contributed by atoms with E-state index in [1.54, 1.807) is 0 Å². The van der Waals surface area contributed by atoms with Crippen molar-refractivity contribution in [2.45, 2.75) is 19.0 Å². The van der Waals surface area contributed by atoms with Gasteiger partial charge in [0.15, 0.2) is 0 Å². The number of benzene rings is 1. The minimum Gasteiger partial charge on any atom is -0.496 e. The average Bonchev–Trinajstić information content (AvgIpc) is 2.80. The first-order valence-electron chi connectivity index (χ1n) is 5.95. The molecule has 0 aliphatic carbocycles. The highest BCUT2D eigenvalue weighted by atomic mass is 19.4. The van der Waals surface area contributed by atoms with E-state index in [4.69, 9.17) is 4.74 Å². The van der Waals surface area contributed by atoms with Crippen LogP contribution in [0, 0.1) is 5.92 Å². The molecule has 0 saturated carbocycles. The van der Waals surface area contributed by atoms with Crippen molar-refractivity contribution in [1.29, 1.82) is 0 Å². The lowest BCUT2D eigenvalue weighted by atomic mass is 9.96. The van der Waals surface area contributed by atoms with E-state index in [9.17, 15) is 13.2 Å². The topological polar surface area (TPSA) is 21.3 Å². The zero-order valence-corrected chi connectivity index (χ0v) is 10.2. The molecule has 0 spiro atoms. The summed E-state index contributed by atoms with van der Waals surface area (Å²) < 4.78 is 43.1. The number of nitrogens with one attached hydrogen (secondary N) is 1. The molecule has 1 aromatic rings. The van der Waals surface area contributed by atoms with E-state index in [1.165, 1.54) is 19.2 Å². The van der Waals surface area contributed by atoms with E-state index in [0.717, 1.165) is 25.6 Å². The monoisotopic (exact) mass is 259 g/mol. The van der Waals surface area contributed by atoms with Gasteiger partial charge in [0.05, 0.1) is 12.7 Å². The Balaban J connectivity index is 2.24. The van der Waals surface area contributed by atoms with Gasteiger partial charge in [-0.2, -0.15) is 13.2 Å². The zero-order valence-electron chi connectivity index (χ0n) is 10.2. The number of ether oxygens (including phenoxy) is 1. The van der Waals surface area contributed by atoms with Gasteiger partial charge in [-0.05, 0) is 55.6 Å². The van der Waals surface area contributed by atoms with Gasteiger partial charge in [-0.15, -0.1) is 0 Å². The Hall–Kier alpha value is -1.23. The van der Waals surface area contributed by atoms with Gasteiger partial charge in [-0.3, -0.25) is 0 Å². The van der Waals surface area contributed by atoms with Crippen LogP contribution in [0.25, 0.3) is 0 Å². The molecule has 1 atom stereocenters. The molecule has 1 unspecified atom stereocenters. The predicted octanol–water partition coefficient (Wildman–Crippen LogP) is 2.87. The molecule has 1 heterocycles. The van der Waals surface area contributed by atoms with Crippen molar-refractivity contribution in [3.8, 4) is 5.75 Å². The highest BCUT2D eigenvalue weighted by molar-refractivity contribution is 5.38. The largest absolute Gasteiger partial charge is 0.496 e. The van der Waals surface area contributed by atoms with Crippen LogP contribution in [0.1, 0.15) is 17.5 Å². The molecule has 0 radical (unpaired) electrons. The van der Waals surface area contributed by atoms with Crippen molar-refractivity contribution < 1.29 is 17.9 Å². The van der Waals surface area contributed by atoms with Crippen molar-refractivity contribution in [2.24, 2.45) is 5.92 Å². The van der Waals surface area contributed by atoms with Crippen LogP contribution in [0.2, 0.25) is 0 Å². The van der Waals surface area contributed by atoms with Gasteiger partial charge in [0.25, 0.3) is 0 Å². The molecule has 5 heteroatoms. The predicted molar refractivity (Wildman–Crippen MR) is 62.7 cm³/mol. The van der Waals surface area contributed by atoms with Crippen LogP contribution in [0.3, 0.4) is 0 Å². The number of rotatable bonds is 3. The van der Waals surface area contributed by atoms with Crippen LogP contribution in [-0.4, -0.2) is 20.2 Å². The van der Waals surface area contributed by atoms with Crippen LogP contribution in [0.15, 0.2) is 18.2 Å². The van der Waals surface area contributed by atoms with Crippen molar-refractivity contribution in [3.05, 3.63) is 29.3 Å². The third-order valence-corrected chi connectivity index (χ3v) is 3.28. The van der Waals surface area contributed by atoms with Gasteiger partial charge in [-0.25, -0.2) is 0 Å². The summed E-state index contributed by atoms with van der Waals surface area (Å²) in [4.78, 5) is 0. The molecule has 1 aliphatic rings. The first-order valence-corrected chi connectivity index (χ1v) is 5.95. The summed E-state index contributed by atoms with van der Waals surface area (Å²) >= 11 is 0. The van der Waals surface area contributed by atoms with Crippen LogP contribution in [-0.2, 0) is 12.6 Å². The fraction of sp³-hybridized carbons (Fsp3) is 0.538. The molecule has 0 aromatic heterocycles. The molecule has 0 amide bonds. The van der Waals surface area contributed by atoms with Crippen molar-refractivity contribution in [3.63, 3.8) is 0 Å². The van der Waals surface area contributed by atoms with Crippen molar-refractivity contribution in [2.75, 3.05) is 20.2 Å². The van der Waals surface area contributed by atoms with Gasteiger partial charge in [0.2, 0.25) is 0 Å². The molecule has 100 valence electrons. The van der Waals surface area contributed by atoms with E-state index in [1.807, 2.05) is 0 Å². The summed E-state index contributed by atoms with van der Waals surface area (Å²) in [5.74, 6) is 0.928. The summed E-state index contributed by atoms with van der Waals surface area (Å²) in [5.41, 5.74) is 0.0327. The molecule has 2 nitrogen and oxygen atoms in total. The van der Waals surface area contributed by atoms with Crippen molar-refractivity contribution in [1.82, 2.24) is 5.32 Å². The van der Waals surface area contributed by atoms with Gasteiger partial charge < -0.3 is 10.1 Å². The SMILES string of the molecule is COc1ccc(C(F)(F)F)cc1CC1CCNC1. The van der Waals surface area contributed by atoms with Gasteiger partial charge in [-0.1, -0.05) is 0 Å². The number of hydrogen-bond donors (Lipinski definition) is 1. The molecule has 1 aromatic carbocycles. The Morgan fingerprint density at radius 2 is 2.17 bits per heavy atom. The Kier molecular flexibility index (Phi) is 3.80.